The number of aryl methyl sites for hydroxylation is 2. The molecular weight excluding hydrogens is 524 g/mol. The molecule has 0 aliphatic carbocycles. The molecule has 0 unspecified atom stereocenters. The fourth-order valence-corrected chi connectivity index (χ4v) is 5.26. The van der Waals surface area contributed by atoms with E-state index in [2.05, 4.69) is 22.5 Å². The van der Waals surface area contributed by atoms with Gasteiger partial charge in [0.15, 0.2) is 4.96 Å². The summed E-state index contributed by atoms with van der Waals surface area (Å²) in [5, 5.41) is 5.66. The number of carbonyl (C=O) groups excluding carboxylic acids is 2. The highest BCUT2D eigenvalue weighted by Gasteiger charge is 2.26. The molecule has 2 N–H and O–H groups in total. The summed E-state index contributed by atoms with van der Waals surface area (Å²) >= 11 is 0.989. The minimum atomic E-state index is -0.572. The Morgan fingerprint density at radius 3 is 2.17 bits per heavy atom. The molecule has 0 fully saturated rings. The smallest absolute Gasteiger partial charge is 0.274 e. The van der Waals surface area contributed by atoms with E-state index in [1.165, 1.54) is 16.0 Å². The summed E-state index contributed by atoms with van der Waals surface area (Å²) in [6.07, 6.45) is 3.15. The summed E-state index contributed by atoms with van der Waals surface area (Å²) in [6.45, 7) is 3.83. The van der Waals surface area contributed by atoms with E-state index in [4.69, 9.17) is 4.74 Å². The first kappa shape index (κ1) is 26.8. The lowest BCUT2D eigenvalue weighted by Gasteiger charge is -2.10. The third kappa shape index (κ3) is 6.10. The molecule has 0 saturated heterocycles. The SMILES string of the molecule is CCCCc1ccc(NC(=O)c2c(C(=O)Nc3ccc(Oc4ccccc4)cc3)sc3nc(C)cc(=O)n23)cc1. The normalized spacial score (nSPS) is 10.8. The minimum absolute atomic E-state index is 0.0610. The van der Waals surface area contributed by atoms with Crippen LogP contribution in [0.5, 0.6) is 11.5 Å². The lowest BCUT2D eigenvalue weighted by molar-refractivity contribution is 0.0989. The van der Waals surface area contributed by atoms with Crippen molar-refractivity contribution in [1.82, 2.24) is 9.38 Å². The summed E-state index contributed by atoms with van der Waals surface area (Å²) < 4.78 is 7.00. The van der Waals surface area contributed by atoms with E-state index in [1.54, 1.807) is 31.2 Å². The van der Waals surface area contributed by atoms with Gasteiger partial charge in [-0.2, -0.15) is 0 Å². The molecule has 0 atom stereocenters. The van der Waals surface area contributed by atoms with Crippen LogP contribution in [-0.4, -0.2) is 21.2 Å². The average molecular weight is 553 g/mol. The highest BCUT2D eigenvalue weighted by atomic mass is 32.1. The summed E-state index contributed by atoms with van der Waals surface area (Å²) in [6, 6.07) is 25.2. The van der Waals surface area contributed by atoms with Crippen LogP contribution in [0.2, 0.25) is 0 Å². The topological polar surface area (TPSA) is 102 Å². The van der Waals surface area contributed by atoms with Crippen LogP contribution in [0.3, 0.4) is 0 Å². The maximum atomic E-state index is 13.5. The van der Waals surface area contributed by atoms with Gasteiger partial charge in [-0.15, -0.1) is 0 Å². The van der Waals surface area contributed by atoms with Crippen LogP contribution in [0.4, 0.5) is 11.4 Å². The van der Waals surface area contributed by atoms with Crippen LogP contribution in [0, 0.1) is 6.92 Å². The van der Waals surface area contributed by atoms with Crippen molar-refractivity contribution in [2.45, 2.75) is 33.1 Å². The van der Waals surface area contributed by atoms with Crippen molar-refractivity contribution in [2.75, 3.05) is 10.6 Å². The number of unbranched alkanes of at least 4 members (excludes halogenated alkanes) is 1. The van der Waals surface area contributed by atoms with Gasteiger partial charge in [-0.05, 0) is 73.9 Å². The number of fused-ring (bicyclic) bond motifs is 1. The van der Waals surface area contributed by atoms with Crippen molar-refractivity contribution >= 4 is 39.5 Å². The van der Waals surface area contributed by atoms with E-state index in [-0.39, 0.29) is 15.5 Å². The minimum Gasteiger partial charge on any atom is -0.457 e. The first-order valence-electron chi connectivity index (χ1n) is 13.0. The maximum Gasteiger partial charge on any atom is 0.274 e. The van der Waals surface area contributed by atoms with Crippen LogP contribution in [0.1, 0.15) is 51.2 Å². The second-order valence-electron chi connectivity index (χ2n) is 9.28. The van der Waals surface area contributed by atoms with Gasteiger partial charge in [-0.3, -0.25) is 14.4 Å². The number of rotatable bonds is 9. The van der Waals surface area contributed by atoms with Crippen LogP contribution in [0.25, 0.3) is 4.96 Å². The van der Waals surface area contributed by atoms with Gasteiger partial charge in [0, 0.05) is 23.1 Å². The molecular formula is C31H28N4O4S. The Morgan fingerprint density at radius 2 is 1.50 bits per heavy atom. The summed E-state index contributed by atoms with van der Waals surface area (Å²) in [7, 11) is 0. The van der Waals surface area contributed by atoms with Gasteiger partial charge < -0.3 is 15.4 Å². The van der Waals surface area contributed by atoms with Crippen molar-refractivity contribution in [1.29, 1.82) is 0 Å². The molecule has 5 aromatic rings. The first-order valence-corrected chi connectivity index (χ1v) is 13.8. The molecule has 2 aromatic heterocycles. The van der Waals surface area contributed by atoms with Crippen LogP contribution >= 0.6 is 11.3 Å². The Bertz CT molecular complexity index is 1710. The van der Waals surface area contributed by atoms with Gasteiger partial charge in [-0.25, -0.2) is 9.38 Å². The molecule has 5 rings (SSSR count). The van der Waals surface area contributed by atoms with Gasteiger partial charge in [0.2, 0.25) is 0 Å². The zero-order chi connectivity index (χ0) is 28.1. The van der Waals surface area contributed by atoms with Gasteiger partial charge in [0.25, 0.3) is 17.4 Å². The fraction of sp³-hybridized carbons (Fsp3) is 0.161. The molecule has 2 heterocycles. The van der Waals surface area contributed by atoms with Crippen molar-refractivity contribution in [3.63, 3.8) is 0 Å². The Balaban J connectivity index is 1.40. The molecule has 0 radical (unpaired) electrons. The van der Waals surface area contributed by atoms with Crippen molar-refractivity contribution in [3.8, 4) is 11.5 Å². The summed E-state index contributed by atoms with van der Waals surface area (Å²) in [4.78, 5) is 44.6. The maximum absolute atomic E-state index is 13.5. The predicted molar refractivity (Wildman–Crippen MR) is 158 cm³/mol. The van der Waals surface area contributed by atoms with Crippen molar-refractivity contribution in [3.05, 3.63) is 117 Å². The van der Waals surface area contributed by atoms with E-state index in [0.717, 1.165) is 30.6 Å². The lowest BCUT2D eigenvalue weighted by Crippen LogP contribution is -2.25. The number of hydrogen-bond donors (Lipinski definition) is 2. The van der Waals surface area contributed by atoms with E-state index in [9.17, 15) is 14.4 Å². The number of benzene rings is 3. The molecule has 0 spiro atoms. The number of nitrogens with zero attached hydrogens (tertiary/aromatic N) is 2. The number of carbonyl (C=O) groups is 2. The molecule has 202 valence electrons. The van der Waals surface area contributed by atoms with Crippen LogP contribution in [0.15, 0.2) is 89.7 Å². The Labute approximate surface area is 235 Å². The van der Waals surface area contributed by atoms with Gasteiger partial charge in [-0.1, -0.05) is 55.0 Å². The quantitative estimate of drug-likeness (QED) is 0.212. The second kappa shape index (κ2) is 12.0. The van der Waals surface area contributed by atoms with Crippen LogP contribution in [-0.2, 0) is 6.42 Å². The number of aromatic nitrogens is 2. The Hall–Kier alpha value is -4.76. The number of para-hydroxylation sites is 1. The molecule has 0 bridgehead atoms. The van der Waals surface area contributed by atoms with E-state index in [1.807, 2.05) is 54.6 Å². The summed E-state index contributed by atoms with van der Waals surface area (Å²) in [5.41, 5.74) is 2.26. The Morgan fingerprint density at radius 1 is 0.875 bits per heavy atom. The second-order valence-corrected chi connectivity index (χ2v) is 10.3. The lowest BCUT2D eigenvalue weighted by atomic mass is 10.1. The molecule has 2 amide bonds. The summed E-state index contributed by atoms with van der Waals surface area (Å²) in [5.74, 6) is 0.212. The number of hydrogen-bond acceptors (Lipinski definition) is 6. The number of nitrogens with one attached hydrogen (secondary N) is 2. The number of thiazole rings is 1. The third-order valence-corrected chi connectivity index (χ3v) is 7.23. The molecule has 3 aromatic carbocycles. The van der Waals surface area contributed by atoms with E-state index in [0.29, 0.717) is 28.6 Å². The van der Waals surface area contributed by atoms with Gasteiger partial charge in [0.1, 0.15) is 22.1 Å². The zero-order valence-electron chi connectivity index (χ0n) is 22.1. The van der Waals surface area contributed by atoms with Crippen molar-refractivity contribution < 1.29 is 14.3 Å². The number of amides is 2. The third-order valence-electron chi connectivity index (χ3n) is 6.19. The monoisotopic (exact) mass is 552 g/mol. The zero-order valence-corrected chi connectivity index (χ0v) is 23.0. The number of anilines is 2. The highest BCUT2D eigenvalue weighted by molar-refractivity contribution is 7.19. The Kier molecular flexibility index (Phi) is 8.02. The van der Waals surface area contributed by atoms with Gasteiger partial charge in [0.05, 0.1) is 0 Å². The number of ether oxygens (including phenoxy) is 1. The molecule has 0 aliphatic heterocycles. The predicted octanol–water partition coefficient (Wildman–Crippen LogP) is 6.70. The molecule has 8 nitrogen and oxygen atoms in total. The van der Waals surface area contributed by atoms with Crippen LogP contribution < -0.4 is 20.9 Å². The van der Waals surface area contributed by atoms with Gasteiger partial charge >= 0.3 is 0 Å². The molecule has 9 heteroatoms. The van der Waals surface area contributed by atoms with E-state index >= 15 is 0 Å². The average Bonchev–Trinajstić information content (AvgIpc) is 3.34. The molecule has 40 heavy (non-hydrogen) atoms. The largest absolute Gasteiger partial charge is 0.457 e. The van der Waals surface area contributed by atoms with E-state index < -0.39 is 17.4 Å². The highest BCUT2D eigenvalue weighted by Crippen LogP contribution is 2.26. The molecule has 0 aliphatic rings. The standard InChI is InChI=1S/C31H28N4O4S/c1-3-4-8-21-11-13-22(14-12-21)33-29(37)27-28(40-31-32-20(2)19-26(36)35(27)31)30(38)34-23-15-17-25(18-16-23)39-24-9-6-5-7-10-24/h5-7,9-19H,3-4,8H2,1-2H3,(H,33,37)(H,34,38). The molecule has 0 saturated carbocycles. The first-order chi connectivity index (χ1) is 19.4. The van der Waals surface area contributed by atoms with Crippen molar-refractivity contribution in [2.24, 2.45) is 0 Å². The fourth-order valence-electron chi connectivity index (χ4n) is 4.19.